The molecule has 0 aromatic carbocycles. The third-order valence-electron chi connectivity index (χ3n) is 2.34. The molecule has 0 aromatic rings. The standard InChI is InChI=1S/C12H22O3/c1-6-10(7-2)12(14-8-3)15-11(13)9(4)5/h10,12H,4,6-8H2,1-3,5H3. The highest BCUT2D eigenvalue weighted by atomic mass is 16.7. The van der Waals surface area contributed by atoms with Crippen molar-refractivity contribution in [1.82, 2.24) is 0 Å². The van der Waals surface area contributed by atoms with Crippen LogP contribution in [0, 0.1) is 5.92 Å². The average Bonchev–Trinajstić information content (AvgIpc) is 2.19. The third kappa shape index (κ3) is 4.98. The molecular formula is C12H22O3. The quantitative estimate of drug-likeness (QED) is 0.371. The molecule has 0 radical (unpaired) electrons. The molecule has 0 aliphatic heterocycles. The molecule has 0 spiro atoms. The van der Waals surface area contributed by atoms with Gasteiger partial charge in [-0.15, -0.1) is 0 Å². The number of carbonyl (C=O) groups is 1. The Morgan fingerprint density at radius 2 is 1.80 bits per heavy atom. The summed E-state index contributed by atoms with van der Waals surface area (Å²) in [5, 5.41) is 0. The number of rotatable bonds is 7. The van der Waals surface area contributed by atoms with Gasteiger partial charge in [-0.1, -0.05) is 20.4 Å². The van der Waals surface area contributed by atoms with Crippen molar-refractivity contribution >= 4 is 5.97 Å². The molecule has 3 nitrogen and oxygen atoms in total. The van der Waals surface area contributed by atoms with Gasteiger partial charge in [0.2, 0.25) is 6.29 Å². The van der Waals surface area contributed by atoms with E-state index in [2.05, 4.69) is 20.4 Å². The lowest BCUT2D eigenvalue weighted by Crippen LogP contribution is -2.29. The van der Waals surface area contributed by atoms with Crippen molar-refractivity contribution in [3.05, 3.63) is 12.2 Å². The van der Waals surface area contributed by atoms with Crippen molar-refractivity contribution in [2.24, 2.45) is 5.92 Å². The van der Waals surface area contributed by atoms with E-state index in [9.17, 15) is 4.79 Å². The normalized spacial score (nSPS) is 12.6. The van der Waals surface area contributed by atoms with Crippen molar-refractivity contribution in [1.29, 1.82) is 0 Å². The first kappa shape index (κ1) is 14.2. The van der Waals surface area contributed by atoms with Crippen molar-refractivity contribution < 1.29 is 14.3 Å². The van der Waals surface area contributed by atoms with Crippen molar-refractivity contribution in [2.45, 2.75) is 46.8 Å². The molecule has 3 heteroatoms. The molecule has 0 aromatic heterocycles. The van der Waals surface area contributed by atoms with E-state index < -0.39 is 6.29 Å². The second-order valence-corrected chi connectivity index (χ2v) is 3.59. The summed E-state index contributed by atoms with van der Waals surface area (Å²) in [4.78, 5) is 11.4. The number of ether oxygens (including phenoxy) is 2. The van der Waals surface area contributed by atoms with Gasteiger partial charge in [0, 0.05) is 18.1 Å². The SMILES string of the molecule is C=C(C)C(=O)OC(OCC)C(CC)CC. The predicted molar refractivity (Wildman–Crippen MR) is 60.4 cm³/mol. The van der Waals surface area contributed by atoms with Gasteiger partial charge >= 0.3 is 5.97 Å². The minimum absolute atomic E-state index is 0.258. The molecule has 88 valence electrons. The topological polar surface area (TPSA) is 35.5 Å². The molecule has 0 aliphatic carbocycles. The number of hydrogen-bond acceptors (Lipinski definition) is 3. The predicted octanol–water partition coefficient (Wildman–Crippen LogP) is 2.90. The van der Waals surface area contributed by atoms with Gasteiger partial charge in [0.05, 0.1) is 0 Å². The highest BCUT2D eigenvalue weighted by molar-refractivity contribution is 5.87. The van der Waals surface area contributed by atoms with E-state index in [-0.39, 0.29) is 11.9 Å². The van der Waals surface area contributed by atoms with Crippen LogP contribution in [-0.4, -0.2) is 18.9 Å². The van der Waals surface area contributed by atoms with Crippen LogP contribution in [0.3, 0.4) is 0 Å². The molecule has 15 heavy (non-hydrogen) atoms. The Morgan fingerprint density at radius 3 is 2.13 bits per heavy atom. The summed E-state index contributed by atoms with van der Waals surface area (Å²) >= 11 is 0. The lowest BCUT2D eigenvalue weighted by Gasteiger charge is -2.24. The van der Waals surface area contributed by atoms with E-state index in [1.54, 1.807) is 6.92 Å². The lowest BCUT2D eigenvalue weighted by molar-refractivity contribution is -0.186. The maximum atomic E-state index is 11.4. The van der Waals surface area contributed by atoms with Crippen molar-refractivity contribution in [3.8, 4) is 0 Å². The second-order valence-electron chi connectivity index (χ2n) is 3.59. The van der Waals surface area contributed by atoms with Gasteiger partial charge in [-0.05, 0) is 26.7 Å². The van der Waals surface area contributed by atoms with Crippen LogP contribution in [0.2, 0.25) is 0 Å². The van der Waals surface area contributed by atoms with Gasteiger partial charge < -0.3 is 9.47 Å². The zero-order chi connectivity index (χ0) is 11.8. The van der Waals surface area contributed by atoms with E-state index in [1.807, 2.05) is 6.92 Å². The van der Waals surface area contributed by atoms with Crippen LogP contribution in [0.1, 0.15) is 40.5 Å². The van der Waals surface area contributed by atoms with Gasteiger partial charge in [-0.3, -0.25) is 0 Å². The minimum Gasteiger partial charge on any atom is -0.432 e. The Labute approximate surface area is 92.5 Å². The van der Waals surface area contributed by atoms with Crippen LogP contribution in [0.5, 0.6) is 0 Å². The molecular weight excluding hydrogens is 192 g/mol. The summed E-state index contributed by atoms with van der Waals surface area (Å²) in [6.07, 6.45) is 1.43. The summed E-state index contributed by atoms with van der Waals surface area (Å²) in [5.74, 6) is -0.117. The average molecular weight is 214 g/mol. The molecule has 1 unspecified atom stereocenters. The molecule has 0 heterocycles. The number of esters is 1. The van der Waals surface area contributed by atoms with Crippen LogP contribution < -0.4 is 0 Å². The molecule has 0 saturated heterocycles. The van der Waals surface area contributed by atoms with Crippen molar-refractivity contribution in [2.75, 3.05) is 6.61 Å². The van der Waals surface area contributed by atoms with Crippen LogP contribution in [0.15, 0.2) is 12.2 Å². The zero-order valence-electron chi connectivity index (χ0n) is 10.2. The fraction of sp³-hybridized carbons (Fsp3) is 0.750. The summed E-state index contributed by atoms with van der Waals surface area (Å²) in [6, 6.07) is 0. The Morgan fingerprint density at radius 1 is 1.27 bits per heavy atom. The van der Waals surface area contributed by atoms with E-state index in [0.717, 1.165) is 12.8 Å². The summed E-state index contributed by atoms with van der Waals surface area (Å²) in [6.45, 7) is 11.8. The second kappa shape index (κ2) is 7.46. The first-order valence-corrected chi connectivity index (χ1v) is 5.54. The smallest absolute Gasteiger partial charge is 0.335 e. The first-order chi connectivity index (χ1) is 7.06. The highest BCUT2D eigenvalue weighted by Crippen LogP contribution is 2.18. The Bertz CT molecular complexity index is 207. The maximum absolute atomic E-state index is 11.4. The first-order valence-electron chi connectivity index (χ1n) is 5.54. The minimum atomic E-state index is -0.436. The van der Waals surface area contributed by atoms with Crippen LogP contribution in [0.4, 0.5) is 0 Å². The molecule has 0 amide bonds. The molecule has 0 bridgehead atoms. The van der Waals surface area contributed by atoms with Gasteiger partial charge in [0.15, 0.2) is 0 Å². The molecule has 0 rings (SSSR count). The summed E-state index contributed by atoms with van der Waals surface area (Å²) in [7, 11) is 0. The highest BCUT2D eigenvalue weighted by Gasteiger charge is 2.22. The van der Waals surface area contributed by atoms with E-state index in [0.29, 0.717) is 12.2 Å². The largest absolute Gasteiger partial charge is 0.432 e. The Kier molecular flexibility index (Phi) is 7.05. The maximum Gasteiger partial charge on any atom is 0.335 e. The van der Waals surface area contributed by atoms with Gasteiger partial charge in [0.1, 0.15) is 0 Å². The van der Waals surface area contributed by atoms with Crippen LogP contribution >= 0.6 is 0 Å². The number of carbonyl (C=O) groups excluding carboxylic acids is 1. The van der Waals surface area contributed by atoms with Gasteiger partial charge in [-0.25, -0.2) is 4.79 Å². The molecule has 1 atom stereocenters. The zero-order valence-corrected chi connectivity index (χ0v) is 10.2. The summed E-state index contributed by atoms with van der Waals surface area (Å²) < 4.78 is 10.7. The van der Waals surface area contributed by atoms with Crippen LogP contribution in [-0.2, 0) is 14.3 Å². The molecule has 0 N–H and O–H groups in total. The van der Waals surface area contributed by atoms with E-state index in [1.165, 1.54) is 0 Å². The van der Waals surface area contributed by atoms with Gasteiger partial charge in [0.25, 0.3) is 0 Å². The molecule has 0 saturated carbocycles. The fourth-order valence-corrected chi connectivity index (χ4v) is 1.31. The van der Waals surface area contributed by atoms with Crippen molar-refractivity contribution in [3.63, 3.8) is 0 Å². The Hall–Kier alpha value is -0.830. The third-order valence-corrected chi connectivity index (χ3v) is 2.34. The van der Waals surface area contributed by atoms with Gasteiger partial charge in [-0.2, -0.15) is 0 Å². The molecule has 0 aliphatic rings. The van der Waals surface area contributed by atoms with Crippen LogP contribution in [0.25, 0.3) is 0 Å². The monoisotopic (exact) mass is 214 g/mol. The summed E-state index contributed by atoms with van der Waals surface area (Å²) in [5.41, 5.74) is 0.408. The lowest BCUT2D eigenvalue weighted by atomic mass is 10.0. The Balaban J connectivity index is 4.37. The fourth-order valence-electron chi connectivity index (χ4n) is 1.31. The number of hydrogen-bond donors (Lipinski definition) is 0. The van der Waals surface area contributed by atoms with E-state index in [4.69, 9.17) is 9.47 Å². The van der Waals surface area contributed by atoms with E-state index >= 15 is 0 Å². The molecule has 0 fully saturated rings.